The van der Waals surface area contributed by atoms with Gasteiger partial charge in [-0.05, 0) is 12.5 Å². The van der Waals surface area contributed by atoms with Crippen molar-refractivity contribution < 1.29 is 28.4 Å². The van der Waals surface area contributed by atoms with Crippen LogP contribution in [0.5, 0.6) is 0 Å². The summed E-state index contributed by atoms with van der Waals surface area (Å²) in [5, 5.41) is 0. The van der Waals surface area contributed by atoms with Crippen molar-refractivity contribution in [2.45, 2.75) is 6.92 Å². The van der Waals surface area contributed by atoms with Crippen molar-refractivity contribution in [1.29, 1.82) is 0 Å². The monoisotopic (exact) mass is 210 g/mol. The van der Waals surface area contributed by atoms with Gasteiger partial charge in [-0.25, -0.2) is 9.36 Å². The van der Waals surface area contributed by atoms with Gasteiger partial charge in [0.15, 0.2) is 0 Å². The van der Waals surface area contributed by atoms with Gasteiger partial charge in [0.25, 0.3) is 0 Å². The number of hydrogen-bond donors (Lipinski definition) is 2. The third-order valence-electron chi connectivity index (χ3n) is 1.03. The quantitative estimate of drug-likeness (QED) is 0.391. The second-order valence-corrected chi connectivity index (χ2v) is 3.52. The first kappa shape index (κ1) is 12.3. The number of carbonyl (C=O) groups excluding carboxylic acids is 1. The Morgan fingerprint density at radius 1 is 1.54 bits per heavy atom. The smallest absolute Gasteiger partial charge is 0.466 e. The summed E-state index contributed by atoms with van der Waals surface area (Å²) in [7, 11) is -3.26. The predicted octanol–water partition coefficient (Wildman–Crippen LogP) is 0.215. The maximum Gasteiger partial charge on any atom is 0.469 e. The first-order chi connectivity index (χ1) is 5.85. The van der Waals surface area contributed by atoms with E-state index in [1.54, 1.807) is 0 Å². The summed E-state index contributed by atoms with van der Waals surface area (Å²) < 4.78 is 18.6. The molecule has 0 aliphatic carbocycles. The van der Waals surface area contributed by atoms with Gasteiger partial charge in [0.2, 0.25) is 0 Å². The molecule has 0 saturated carbocycles. The zero-order valence-electron chi connectivity index (χ0n) is 7.26. The molecule has 0 heterocycles. The van der Waals surface area contributed by atoms with E-state index in [1.807, 2.05) is 0 Å². The van der Waals surface area contributed by atoms with Gasteiger partial charge in [-0.1, -0.05) is 0 Å². The number of carbonyl (C=O) groups is 1. The number of esters is 1. The van der Waals surface area contributed by atoms with Crippen molar-refractivity contribution in [3.63, 3.8) is 0 Å². The van der Waals surface area contributed by atoms with Crippen molar-refractivity contribution in [2.75, 3.05) is 13.7 Å². The van der Waals surface area contributed by atoms with Crippen LogP contribution in [0.25, 0.3) is 0 Å². The number of hydrogen-bond acceptors (Lipinski definition) is 4. The molecule has 0 bridgehead atoms. The number of methoxy groups -OCH3 is 1. The molecule has 76 valence electrons. The Kier molecular flexibility index (Phi) is 4.87. The molecular weight excluding hydrogens is 199 g/mol. The number of phosphoric ester groups is 1. The standard InChI is InChI=1S/C6H11O6P/c1-5(3-6(7)11-2)4-12-13(8,9)10/h3H,4H2,1-2H3,(H2,8,9,10). The van der Waals surface area contributed by atoms with Gasteiger partial charge in [0.1, 0.15) is 0 Å². The Morgan fingerprint density at radius 2 is 2.08 bits per heavy atom. The Bertz CT molecular complexity index is 252. The summed E-state index contributed by atoms with van der Waals surface area (Å²) in [6.45, 7) is 1.19. The van der Waals surface area contributed by atoms with Gasteiger partial charge in [-0.3, -0.25) is 4.52 Å². The van der Waals surface area contributed by atoms with E-state index < -0.39 is 13.8 Å². The lowest BCUT2D eigenvalue weighted by molar-refractivity contribution is -0.134. The van der Waals surface area contributed by atoms with Crippen LogP contribution in [0.4, 0.5) is 0 Å². The van der Waals surface area contributed by atoms with Crippen LogP contribution in [0.3, 0.4) is 0 Å². The van der Waals surface area contributed by atoms with E-state index in [0.29, 0.717) is 5.57 Å². The minimum atomic E-state index is -4.46. The fourth-order valence-electron chi connectivity index (χ4n) is 0.488. The maximum absolute atomic E-state index is 10.6. The normalized spacial score (nSPS) is 12.8. The molecule has 0 aliphatic rings. The lowest BCUT2D eigenvalue weighted by Gasteiger charge is -2.04. The molecule has 13 heavy (non-hydrogen) atoms. The summed E-state index contributed by atoms with van der Waals surface area (Å²) in [6, 6.07) is 0. The summed E-state index contributed by atoms with van der Waals surface area (Å²) in [4.78, 5) is 27.2. The van der Waals surface area contributed by atoms with E-state index in [2.05, 4.69) is 9.26 Å². The molecule has 2 N–H and O–H groups in total. The van der Waals surface area contributed by atoms with E-state index >= 15 is 0 Å². The fourth-order valence-corrected chi connectivity index (χ4v) is 0.859. The zero-order chi connectivity index (χ0) is 10.5. The Labute approximate surface area is 75.4 Å². The van der Waals surface area contributed by atoms with Gasteiger partial charge in [-0.15, -0.1) is 0 Å². The molecule has 0 fully saturated rings. The average Bonchev–Trinajstić information content (AvgIpc) is 1.99. The Morgan fingerprint density at radius 3 is 2.46 bits per heavy atom. The first-order valence-electron chi connectivity index (χ1n) is 3.30. The average molecular weight is 210 g/mol. The molecule has 6 nitrogen and oxygen atoms in total. The zero-order valence-corrected chi connectivity index (χ0v) is 8.15. The number of rotatable bonds is 4. The second-order valence-electron chi connectivity index (χ2n) is 2.28. The van der Waals surface area contributed by atoms with Crippen LogP contribution in [0.2, 0.25) is 0 Å². The van der Waals surface area contributed by atoms with Crippen LogP contribution in [-0.4, -0.2) is 29.5 Å². The summed E-state index contributed by atoms with van der Waals surface area (Å²) in [6.07, 6.45) is 1.09. The molecule has 0 saturated heterocycles. The molecular formula is C6H11O6P. The highest BCUT2D eigenvalue weighted by Crippen LogP contribution is 2.35. The van der Waals surface area contributed by atoms with Crippen LogP contribution in [0.15, 0.2) is 11.6 Å². The van der Waals surface area contributed by atoms with Crippen molar-refractivity contribution in [3.8, 4) is 0 Å². The molecule has 0 unspecified atom stereocenters. The lowest BCUT2D eigenvalue weighted by Crippen LogP contribution is -2.00. The van der Waals surface area contributed by atoms with Gasteiger partial charge in [-0.2, -0.15) is 0 Å². The topological polar surface area (TPSA) is 93.1 Å². The second kappa shape index (κ2) is 5.14. The van der Waals surface area contributed by atoms with Crippen LogP contribution in [-0.2, 0) is 18.6 Å². The van der Waals surface area contributed by atoms with Crippen molar-refractivity contribution in [2.24, 2.45) is 0 Å². The maximum atomic E-state index is 10.6. The van der Waals surface area contributed by atoms with Gasteiger partial charge in [0, 0.05) is 6.08 Å². The molecule has 0 radical (unpaired) electrons. The SMILES string of the molecule is COC(=O)C=C(C)COP(=O)(O)O. The highest BCUT2D eigenvalue weighted by Gasteiger charge is 2.13. The fraction of sp³-hybridized carbons (Fsp3) is 0.500. The predicted molar refractivity (Wildman–Crippen MR) is 43.8 cm³/mol. The molecule has 0 aromatic carbocycles. The lowest BCUT2D eigenvalue weighted by atomic mass is 10.3. The van der Waals surface area contributed by atoms with Gasteiger partial charge >= 0.3 is 13.8 Å². The summed E-state index contributed by atoms with van der Waals surface area (Å²) in [5.41, 5.74) is 0.371. The summed E-state index contributed by atoms with van der Waals surface area (Å²) >= 11 is 0. The van der Waals surface area contributed by atoms with Crippen LogP contribution in [0.1, 0.15) is 6.92 Å². The molecule has 0 amide bonds. The van der Waals surface area contributed by atoms with Crippen LogP contribution < -0.4 is 0 Å². The van der Waals surface area contributed by atoms with E-state index in [9.17, 15) is 9.36 Å². The minimum Gasteiger partial charge on any atom is -0.466 e. The van der Waals surface area contributed by atoms with E-state index in [1.165, 1.54) is 14.0 Å². The highest BCUT2D eigenvalue weighted by atomic mass is 31.2. The van der Waals surface area contributed by atoms with Crippen LogP contribution >= 0.6 is 7.82 Å². The van der Waals surface area contributed by atoms with Crippen molar-refractivity contribution >= 4 is 13.8 Å². The van der Waals surface area contributed by atoms with Gasteiger partial charge < -0.3 is 14.5 Å². The van der Waals surface area contributed by atoms with E-state index in [4.69, 9.17) is 9.79 Å². The summed E-state index contributed by atoms with van der Waals surface area (Å²) in [5.74, 6) is -0.591. The molecule has 0 aliphatic heterocycles. The first-order valence-corrected chi connectivity index (χ1v) is 4.83. The number of phosphoric acid groups is 1. The van der Waals surface area contributed by atoms with Gasteiger partial charge in [0.05, 0.1) is 13.7 Å². The third-order valence-corrected chi connectivity index (χ3v) is 1.49. The van der Waals surface area contributed by atoms with Crippen LogP contribution in [0, 0.1) is 0 Å². The molecule has 0 spiro atoms. The third kappa shape index (κ3) is 7.67. The minimum absolute atomic E-state index is 0.306. The molecule has 0 aromatic rings. The Balaban J connectivity index is 4.01. The largest absolute Gasteiger partial charge is 0.469 e. The highest BCUT2D eigenvalue weighted by molar-refractivity contribution is 7.46. The number of ether oxygens (including phenoxy) is 1. The Hall–Kier alpha value is -0.680. The van der Waals surface area contributed by atoms with E-state index in [0.717, 1.165) is 6.08 Å². The van der Waals surface area contributed by atoms with Crippen molar-refractivity contribution in [3.05, 3.63) is 11.6 Å². The molecule has 0 rings (SSSR count). The van der Waals surface area contributed by atoms with E-state index in [-0.39, 0.29) is 6.61 Å². The molecule has 7 heteroatoms. The molecule has 0 aromatic heterocycles. The van der Waals surface area contributed by atoms with Crippen molar-refractivity contribution in [1.82, 2.24) is 0 Å². The molecule has 0 atom stereocenters.